The van der Waals surface area contributed by atoms with Crippen LogP contribution in [0.25, 0.3) is 0 Å². The van der Waals surface area contributed by atoms with Gasteiger partial charge in [-0.25, -0.2) is 4.79 Å². The van der Waals surface area contributed by atoms with Crippen LogP contribution in [0.4, 0.5) is 4.39 Å². The fourth-order valence-electron chi connectivity index (χ4n) is 2.96. The van der Waals surface area contributed by atoms with Crippen LogP contribution < -0.4 is 11.2 Å². The Labute approximate surface area is 149 Å². The number of aliphatic hydroxyl groups excluding tert-OH is 1. The molecule has 0 amide bonds. The lowest BCUT2D eigenvalue weighted by Gasteiger charge is -2.16. The average molecular weight is 364 g/mol. The van der Waals surface area contributed by atoms with Crippen LogP contribution in [0.2, 0.25) is 0 Å². The monoisotopic (exact) mass is 364 g/mol. The molecule has 0 unspecified atom stereocenters. The van der Waals surface area contributed by atoms with Crippen molar-refractivity contribution in [3.63, 3.8) is 0 Å². The number of nitrogens with one attached hydrogen (secondary N) is 1. The van der Waals surface area contributed by atoms with Gasteiger partial charge in [0, 0.05) is 6.42 Å². The van der Waals surface area contributed by atoms with Crippen LogP contribution in [0.15, 0.2) is 40.1 Å². The zero-order valence-corrected chi connectivity index (χ0v) is 14.4. The Morgan fingerprint density at radius 1 is 1.31 bits per heavy atom. The topological polar surface area (TPSA) is 93.6 Å². The number of aromatic amines is 1. The number of H-pyrrole nitrogens is 1. The fourth-order valence-corrected chi connectivity index (χ4v) is 2.96. The highest BCUT2D eigenvalue weighted by molar-refractivity contribution is 5.21. The van der Waals surface area contributed by atoms with Crippen molar-refractivity contribution in [1.29, 1.82) is 0 Å². The molecule has 0 aliphatic carbocycles. The Morgan fingerprint density at radius 3 is 2.65 bits per heavy atom. The third-order valence-corrected chi connectivity index (χ3v) is 4.49. The standard InChI is InChI=1S/C18H21FN2O5/c1-2-11-3-5-12(6-4-11)10-25-14-7-16(26-15(14)9-22)21-8-13(19)17(23)20-18(21)24/h3-6,8,14-16,22H,2,7,9-10H2,1H3,(H,20,23,24)/t14-,15+,16+/m0/s1. The molecular weight excluding hydrogens is 343 g/mol. The van der Waals surface area contributed by atoms with Crippen molar-refractivity contribution in [1.82, 2.24) is 9.55 Å². The summed E-state index contributed by atoms with van der Waals surface area (Å²) in [6.45, 7) is 2.11. The quantitative estimate of drug-likeness (QED) is 0.801. The summed E-state index contributed by atoms with van der Waals surface area (Å²) in [5.41, 5.74) is 0.362. The van der Waals surface area contributed by atoms with Gasteiger partial charge in [-0.05, 0) is 17.5 Å². The molecule has 8 heteroatoms. The first-order valence-electron chi connectivity index (χ1n) is 8.48. The largest absolute Gasteiger partial charge is 0.394 e. The third-order valence-electron chi connectivity index (χ3n) is 4.49. The first kappa shape index (κ1) is 18.5. The van der Waals surface area contributed by atoms with E-state index in [1.807, 2.05) is 29.2 Å². The van der Waals surface area contributed by atoms with E-state index in [-0.39, 0.29) is 13.0 Å². The Bertz CT molecular complexity index is 861. The molecule has 3 atom stereocenters. The molecule has 26 heavy (non-hydrogen) atoms. The summed E-state index contributed by atoms with van der Waals surface area (Å²) in [6, 6.07) is 8.00. The number of rotatable bonds is 6. The molecule has 1 saturated heterocycles. The summed E-state index contributed by atoms with van der Waals surface area (Å²) in [6.07, 6.45) is 0.0968. The molecule has 140 valence electrons. The van der Waals surface area contributed by atoms with Crippen LogP contribution in [-0.4, -0.2) is 33.5 Å². The number of benzene rings is 1. The number of hydrogen-bond donors (Lipinski definition) is 2. The van der Waals surface area contributed by atoms with Crippen LogP contribution in [0.5, 0.6) is 0 Å². The summed E-state index contributed by atoms with van der Waals surface area (Å²) < 4.78 is 25.9. The van der Waals surface area contributed by atoms with Gasteiger partial charge in [0.1, 0.15) is 12.3 Å². The van der Waals surface area contributed by atoms with Gasteiger partial charge in [-0.1, -0.05) is 31.2 Å². The van der Waals surface area contributed by atoms with Gasteiger partial charge in [-0.3, -0.25) is 14.3 Å². The molecule has 1 fully saturated rings. The van der Waals surface area contributed by atoms with Gasteiger partial charge >= 0.3 is 5.69 Å². The molecule has 2 heterocycles. The van der Waals surface area contributed by atoms with Crippen molar-refractivity contribution in [2.45, 2.75) is 44.8 Å². The van der Waals surface area contributed by atoms with Gasteiger partial charge in [-0.2, -0.15) is 4.39 Å². The van der Waals surface area contributed by atoms with E-state index in [0.29, 0.717) is 6.61 Å². The summed E-state index contributed by atoms with van der Waals surface area (Å²) >= 11 is 0. The summed E-state index contributed by atoms with van der Waals surface area (Å²) in [5.74, 6) is -1.07. The molecule has 3 rings (SSSR count). The second-order valence-electron chi connectivity index (χ2n) is 6.21. The van der Waals surface area contributed by atoms with Crippen molar-refractivity contribution in [2.24, 2.45) is 0 Å². The van der Waals surface area contributed by atoms with Crippen LogP contribution in [-0.2, 0) is 22.5 Å². The van der Waals surface area contributed by atoms with Gasteiger partial charge in [-0.15, -0.1) is 0 Å². The van der Waals surface area contributed by atoms with E-state index in [1.54, 1.807) is 0 Å². The number of aryl methyl sites for hydroxylation is 1. The van der Waals surface area contributed by atoms with E-state index >= 15 is 0 Å². The van der Waals surface area contributed by atoms with E-state index in [4.69, 9.17) is 9.47 Å². The minimum Gasteiger partial charge on any atom is -0.394 e. The van der Waals surface area contributed by atoms with Gasteiger partial charge < -0.3 is 14.6 Å². The van der Waals surface area contributed by atoms with E-state index in [9.17, 15) is 19.1 Å². The zero-order valence-electron chi connectivity index (χ0n) is 14.4. The molecular formula is C18H21FN2O5. The minimum atomic E-state index is -1.08. The van der Waals surface area contributed by atoms with Crippen molar-refractivity contribution < 1.29 is 19.0 Å². The average Bonchev–Trinajstić information content (AvgIpc) is 3.06. The number of aromatic nitrogens is 2. The Hall–Kier alpha value is -2.29. The van der Waals surface area contributed by atoms with Gasteiger partial charge in [0.2, 0.25) is 5.82 Å². The highest BCUT2D eigenvalue weighted by Crippen LogP contribution is 2.30. The second kappa shape index (κ2) is 7.94. The molecule has 0 spiro atoms. The SMILES string of the molecule is CCc1ccc(CO[C@H]2C[C@H](n3cc(F)c(=O)[nH]c3=O)O[C@@H]2CO)cc1. The van der Waals surface area contributed by atoms with Crippen LogP contribution in [0.1, 0.15) is 30.7 Å². The van der Waals surface area contributed by atoms with Gasteiger partial charge in [0.25, 0.3) is 5.56 Å². The lowest BCUT2D eigenvalue weighted by molar-refractivity contribution is -0.0659. The maximum Gasteiger partial charge on any atom is 0.330 e. The number of nitrogens with zero attached hydrogens (tertiary/aromatic N) is 1. The highest BCUT2D eigenvalue weighted by atomic mass is 19.1. The molecule has 0 radical (unpaired) electrons. The highest BCUT2D eigenvalue weighted by Gasteiger charge is 2.37. The molecule has 2 aromatic rings. The van der Waals surface area contributed by atoms with Crippen molar-refractivity contribution in [3.05, 3.63) is 68.2 Å². The maximum atomic E-state index is 13.5. The zero-order chi connectivity index (χ0) is 18.7. The fraction of sp³-hybridized carbons (Fsp3) is 0.444. The van der Waals surface area contributed by atoms with Gasteiger partial charge in [0.15, 0.2) is 0 Å². The van der Waals surface area contributed by atoms with E-state index < -0.39 is 35.5 Å². The first-order chi connectivity index (χ1) is 12.5. The van der Waals surface area contributed by atoms with Crippen molar-refractivity contribution in [3.8, 4) is 0 Å². The Kier molecular flexibility index (Phi) is 5.65. The van der Waals surface area contributed by atoms with Crippen LogP contribution in [0, 0.1) is 5.82 Å². The molecule has 0 bridgehead atoms. The summed E-state index contributed by atoms with van der Waals surface area (Å²) in [4.78, 5) is 24.9. The third kappa shape index (κ3) is 3.92. The minimum absolute atomic E-state index is 0.254. The molecule has 7 nitrogen and oxygen atoms in total. The molecule has 2 N–H and O–H groups in total. The first-order valence-corrected chi connectivity index (χ1v) is 8.48. The van der Waals surface area contributed by atoms with Crippen LogP contribution in [0.3, 0.4) is 0 Å². The number of hydrogen-bond acceptors (Lipinski definition) is 5. The van der Waals surface area contributed by atoms with Crippen molar-refractivity contribution in [2.75, 3.05) is 6.61 Å². The molecule has 1 aromatic carbocycles. The number of halogens is 1. The van der Waals surface area contributed by atoms with Crippen molar-refractivity contribution >= 4 is 0 Å². The number of ether oxygens (including phenoxy) is 2. The Morgan fingerprint density at radius 2 is 2.00 bits per heavy atom. The second-order valence-corrected chi connectivity index (χ2v) is 6.21. The Balaban J connectivity index is 1.69. The molecule has 1 aromatic heterocycles. The lowest BCUT2D eigenvalue weighted by Crippen LogP contribution is -2.34. The predicted octanol–water partition coefficient (Wildman–Crippen LogP) is 1.10. The normalized spacial score (nSPS) is 22.7. The lowest BCUT2D eigenvalue weighted by atomic mass is 10.1. The number of aliphatic hydroxyl groups is 1. The van der Waals surface area contributed by atoms with E-state index in [2.05, 4.69) is 6.92 Å². The smallest absolute Gasteiger partial charge is 0.330 e. The van der Waals surface area contributed by atoms with Crippen LogP contribution >= 0.6 is 0 Å². The summed E-state index contributed by atoms with van der Waals surface area (Å²) in [5, 5.41) is 9.51. The van der Waals surface area contributed by atoms with E-state index in [1.165, 1.54) is 5.56 Å². The molecule has 1 aliphatic heterocycles. The molecule has 1 aliphatic rings. The molecule has 0 saturated carbocycles. The van der Waals surface area contributed by atoms with Gasteiger partial charge in [0.05, 0.1) is 25.5 Å². The summed E-state index contributed by atoms with van der Waals surface area (Å²) in [7, 11) is 0. The maximum absolute atomic E-state index is 13.5. The van der Waals surface area contributed by atoms with E-state index in [0.717, 1.165) is 22.7 Å². The predicted molar refractivity (Wildman–Crippen MR) is 91.3 cm³/mol.